The Morgan fingerprint density at radius 2 is 2.13 bits per heavy atom. The monoisotopic (exact) mass is 331 g/mol. The summed E-state index contributed by atoms with van der Waals surface area (Å²) < 4.78 is 10.3. The SMILES string of the molecule is CCCc1noc(COC(=O)c2cc(Cl)nc3ccccc23)n1. The molecule has 6 nitrogen and oxygen atoms in total. The molecule has 1 aromatic carbocycles. The van der Waals surface area contributed by atoms with Crippen LogP contribution in [0.5, 0.6) is 0 Å². The second-order valence-electron chi connectivity index (χ2n) is 4.94. The van der Waals surface area contributed by atoms with Gasteiger partial charge in [0.05, 0.1) is 11.1 Å². The highest BCUT2D eigenvalue weighted by Crippen LogP contribution is 2.21. The quantitative estimate of drug-likeness (QED) is 0.525. The average molecular weight is 332 g/mol. The van der Waals surface area contributed by atoms with Crippen LogP contribution < -0.4 is 0 Å². The third-order valence-corrected chi connectivity index (χ3v) is 3.41. The fourth-order valence-corrected chi connectivity index (χ4v) is 2.39. The summed E-state index contributed by atoms with van der Waals surface area (Å²) in [6.45, 7) is 1.94. The van der Waals surface area contributed by atoms with Crippen molar-refractivity contribution in [2.24, 2.45) is 0 Å². The molecular weight excluding hydrogens is 318 g/mol. The van der Waals surface area contributed by atoms with Crippen LogP contribution in [0.3, 0.4) is 0 Å². The van der Waals surface area contributed by atoms with Gasteiger partial charge in [0, 0.05) is 11.8 Å². The topological polar surface area (TPSA) is 78.1 Å². The van der Waals surface area contributed by atoms with Crippen LogP contribution in [0, 0.1) is 0 Å². The fourth-order valence-electron chi connectivity index (χ4n) is 2.19. The Morgan fingerprint density at radius 3 is 2.96 bits per heavy atom. The van der Waals surface area contributed by atoms with E-state index in [9.17, 15) is 4.79 Å². The first kappa shape index (κ1) is 15.4. The van der Waals surface area contributed by atoms with Crippen LogP contribution >= 0.6 is 11.6 Å². The van der Waals surface area contributed by atoms with Crippen molar-refractivity contribution in [3.8, 4) is 0 Å². The predicted octanol–water partition coefficient (Wildman–Crippen LogP) is 3.58. The van der Waals surface area contributed by atoms with Gasteiger partial charge < -0.3 is 9.26 Å². The number of nitrogens with zero attached hydrogens (tertiary/aromatic N) is 3. The lowest BCUT2D eigenvalue weighted by Gasteiger charge is -2.06. The summed E-state index contributed by atoms with van der Waals surface area (Å²) in [5.41, 5.74) is 0.990. The number of esters is 1. The third kappa shape index (κ3) is 3.48. The van der Waals surface area contributed by atoms with Gasteiger partial charge in [-0.1, -0.05) is 41.9 Å². The van der Waals surface area contributed by atoms with E-state index in [-0.39, 0.29) is 17.7 Å². The van der Waals surface area contributed by atoms with Gasteiger partial charge in [0.25, 0.3) is 5.89 Å². The normalized spacial score (nSPS) is 10.9. The van der Waals surface area contributed by atoms with Crippen LogP contribution in [0.15, 0.2) is 34.9 Å². The van der Waals surface area contributed by atoms with E-state index in [0.29, 0.717) is 22.3 Å². The van der Waals surface area contributed by atoms with E-state index in [1.54, 1.807) is 12.1 Å². The summed E-state index contributed by atoms with van der Waals surface area (Å²) in [6, 6.07) is 8.72. The number of hydrogen-bond donors (Lipinski definition) is 0. The molecule has 0 aliphatic rings. The number of fused-ring (bicyclic) bond motifs is 1. The van der Waals surface area contributed by atoms with Crippen molar-refractivity contribution in [1.29, 1.82) is 0 Å². The first-order chi connectivity index (χ1) is 11.2. The van der Waals surface area contributed by atoms with Crippen molar-refractivity contribution in [2.45, 2.75) is 26.4 Å². The molecule has 0 aliphatic heterocycles. The molecule has 2 aromatic heterocycles. The van der Waals surface area contributed by atoms with Crippen LogP contribution in [-0.2, 0) is 17.8 Å². The fraction of sp³-hybridized carbons (Fsp3) is 0.250. The maximum atomic E-state index is 12.3. The molecule has 0 radical (unpaired) electrons. The first-order valence-electron chi connectivity index (χ1n) is 7.21. The van der Waals surface area contributed by atoms with Crippen LogP contribution in [0.1, 0.15) is 35.4 Å². The number of benzene rings is 1. The summed E-state index contributed by atoms with van der Waals surface area (Å²) in [4.78, 5) is 20.6. The minimum atomic E-state index is -0.513. The Morgan fingerprint density at radius 1 is 1.30 bits per heavy atom. The van der Waals surface area contributed by atoms with Crippen molar-refractivity contribution < 1.29 is 14.1 Å². The molecule has 3 aromatic rings. The van der Waals surface area contributed by atoms with Gasteiger partial charge in [0.2, 0.25) is 0 Å². The Kier molecular flexibility index (Phi) is 4.52. The Hall–Kier alpha value is -2.47. The van der Waals surface area contributed by atoms with Gasteiger partial charge >= 0.3 is 5.97 Å². The number of hydrogen-bond acceptors (Lipinski definition) is 6. The lowest BCUT2D eigenvalue weighted by molar-refractivity contribution is 0.0432. The minimum absolute atomic E-state index is 0.0795. The molecule has 0 atom stereocenters. The largest absolute Gasteiger partial charge is 0.452 e. The van der Waals surface area contributed by atoms with E-state index in [1.165, 1.54) is 6.07 Å². The minimum Gasteiger partial charge on any atom is -0.452 e. The van der Waals surface area contributed by atoms with E-state index in [0.717, 1.165) is 12.8 Å². The zero-order valence-electron chi connectivity index (χ0n) is 12.5. The van der Waals surface area contributed by atoms with E-state index < -0.39 is 5.97 Å². The van der Waals surface area contributed by atoms with Crippen LogP contribution in [0.25, 0.3) is 10.9 Å². The lowest BCUT2D eigenvalue weighted by atomic mass is 10.1. The number of para-hydroxylation sites is 1. The predicted molar refractivity (Wildman–Crippen MR) is 84.2 cm³/mol. The zero-order valence-corrected chi connectivity index (χ0v) is 13.2. The summed E-state index contributed by atoms with van der Waals surface area (Å²) in [5, 5.41) is 4.73. The van der Waals surface area contributed by atoms with Gasteiger partial charge in [-0.15, -0.1) is 0 Å². The molecule has 3 rings (SSSR count). The summed E-state index contributed by atoms with van der Waals surface area (Å²) in [5.74, 6) is 0.364. The number of pyridine rings is 1. The number of rotatable bonds is 5. The summed E-state index contributed by atoms with van der Waals surface area (Å²) in [7, 11) is 0. The molecule has 7 heteroatoms. The Balaban J connectivity index is 1.78. The maximum Gasteiger partial charge on any atom is 0.339 e. The molecule has 2 heterocycles. The molecule has 0 aliphatic carbocycles. The van der Waals surface area contributed by atoms with Gasteiger partial charge in [-0.05, 0) is 18.6 Å². The molecule has 0 bridgehead atoms. The van der Waals surface area contributed by atoms with Crippen molar-refractivity contribution in [2.75, 3.05) is 0 Å². The molecule has 118 valence electrons. The number of carbonyl (C=O) groups excluding carboxylic acids is 1. The lowest BCUT2D eigenvalue weighted by Crippen LogP contribution is -2.07. The number of ether oxygens (including phenoxy) is 1. The number of aryl methyl sites for hydroxylation is 1. The molecule has 0 saturated carbocycles. The van der Waals surface area contributed by atoms with Gasteiger partial charge in [-0.2, -0.15) is 4.98 Å². The van der Waals surface area contributed by atoms with Crippen molar-refractivity contribution in [3.05, 3.63) is 52.8 Å². The van der Waals surface area contributed by atoms with Crippen molar-refractivity contribution in [3.63, 3.8) is 0 Å². The summed E-state index contributed by atoms with van der Waals surface area (Å²) in [6.07, 6.45) is 1.64. The molecule has 23 heavy (non-hydrogen) atoms. The van der Waals surface area contributed by atoms with Gasteiger partial charge in [0.1, 0.15) is 5.15 Å². The highest BCUT2D eigenvalue weighted by molar-refractivity contribution is 6.30. The number of halogens is 1. The van der Waals surface area contributed by atoms with Crippen LogP contribution in [0.2, 0.25) is 5.15 Å². The highest BCUT2D eigenvalue weighted by Gasteiger charge is 2.15. The Bertz CT molecular complexity index is 847. The number of carbonyl (C=O) groups is 1. The molecule has 0 fully saturated rings. The molecule has 0 unspecified atom stereocenters. The zero-order chi connectivity index (χ0) is 16.2. The summed E-state index contributed by atoms with van der Waals surface area (Å²) >= 11 is 5.96. The Labute approximate surface area is 137 Å². The second-order valence-corrected chi connectivity index (χ2v) is 5.33. The van der Waals surface area contributed by atoms with E-state index >= 15 is 0 Å². The van der Waals surface area contributed by atoms with E-state index in [4.69, 9.17) is 20.9 Å². The molecule has 0 amide bonds. The van der Waals surface area contributed by atoms with Crippen LogP contribution in [-0.4, -0.2) is 21.1 Å². The van der Waals surface area contributed by atoms with Gasteiger partial charge in [0.15, 0.2) is 12.4 Å². The van der Waals surface area contributed by atoms with E-state index in [2.05, 4.69) is 15.1 Å². The van der Waals surface area contributed by atoms with Crippen LogP contribution in [0.4, 0.5) is 0 Å². The highest BCUT2D eigenvalue weighted by atomic mass is 35.5. The smallest absolute Gasteiger partial charge is 0.339 e. The number of aromatic nitrogens is 3. The van der Waals surface area contributed by atoms with Crippen molar-refractivity contribution >= 4 is 28.5 Å². The van der Waals surface area contributed by atoms with Gasteiger partial charge in [-0.3, -0.25) is 0 Å². The molecule has 0 spiro atoms. The first-order valence-corrected chi connectivity index (χ1v) is 7.59. The molecular formula is C16H14ClN3O3. The average Bonchev–Trinajstić information content (AvgIpc) is 3.00. The van der Waals surface area contributed by atoms with Crippen molar-refractivity contribution in [1.82, 2.24) is 15.1 Å². The maximum absolute atomic E-state index is 12.3. The van der Waals surface area contributed by atoms with E-state index in [1.807, 2.05) is 19.1 Å². The molecule has 0 saturated heterocycles. The molecule has 0 N–H and O–H groups in total. The van der Waals surface area contributed by atoms with Gasteiger partial charge in [-0.25, -0.2) is 9.78 Å². The second kappa shape index (κ2) is 6.75. The third-order valence-electron chi connectivity index (χ3n) is 3.22. The standard InChI is InChI=1S/C16H14ClN3O3/c1-2-5-14-19-15(23-20-14)9-22-16(21)11-8-13(17)18-12-7-4-3-6-10(11)12/h3-4,6-8H,2,5,9H2,1H3.